The Morgan fingerprint density at radius 1 is 1.11 bits per heavy atom. The second kappa shape index (κ2) is 29.4. The first-order valence-corrected chi connectivity index (χ1v) is 28.3. The normalized spacial score (nSPS) is 26.7. The molecule has 5 rings (SSSR count). The lowest BCUT2D eigenvalue weighted by Crippen LogP contribution is -2.63. The Labute approximate surface area is 451 Å². The number of hydrogen-bond acceptors (Lipinski definition) is 19. The van der Waals surface area contributed by atoms with Crippen molar-refractivity contribution >= 4 is 93.9 Å². The summed E-state index contributed by atoms with van der Waals surface area (Å²) >= 11 is 11.6. The number of methoxy groups -OCH3 is 2. The summed E-state index contributed by atoms with van der Waals surface area (Å²) in [6.07, 6.45) is 1.48. The van der Waals surface area contributed by atoms with E-state index in [2.05, 4.69) is 15.8 Å². The Bertz CT molecular complexity index is 2220. The summed E-state index contributed by atoms with van der Waals surface area (Å²) in [4.78, 5) is 86.9. The Hall–Kier alpha value is -4.07. The third-order valence-corrected chi connectivity index (χ3v) is 16.8. The summed E-state index contributed by atoms with van der Waals surface area (Å²) in [5.41, 5.74) is -0.145. The molecule has 1 unspecified atom stereocenters. The topological polar surface area (TPSA) is 243 Å². The average molecular weight is 1110 g/mol. The van der Waals surface area contributed by atoms with E-state index in [0.717, 1.165) is 33.4 Å². The lowest BCUT2D eigenvalue weighted by molar-refractivity contribution is -0.162. The van der Waals surface area contributed by atoms with Gasteiger partial charge < -0.3 is 58.2 Å². The standard InChI is InChI=1S/C50H72ClN5O15S3/c1-31-11-9-13-40(65-8)50(63)25-39(69-48(62)53-50)32(2)46-49(4,71-46)41(24-44(60)56(6)37-22-34(21-31)23-38(64-7)45(37)51)70-47(61)33(3)55(5)43(59)14-20-72-29-42(58)52-15-17-67-19-18-66-16-10-12-36(57)26-68-54-35-27-73-30-74-28-35/h9,11,13,22-23,32-33,39-41,46,63H,10,12,14-21,24-30H2,1-8H3,(H,52,58)(H,53,62)/b13-9+,31-11+/t32?,33-,39-,40+,41-,46-,49-,50-/m0/s1. The van der Waals surface area contributed by atoms with E-state index in [1.165, 1.54) is 49.8 Å². The number of hydrogen-bond donors (Lipinski definition) is 3. The Balaban J connectivity index is 1.10. The van der Waals surface area contributed by atoms with Gasteiger partial charge in [-0.25, -0.2) is 9.59 Å². The van der Waals surface area contributed by atoms with Crippen LogP contribution < -0.4 is 20.3 Å². The number of nitrogens with zero attached hydrogens (tertiary/aromatic N) is 3. The van der Waals surface area contributed by atoms with Gasteiger partial charge in [0.2, 0.25) is 17.7 Å². The number of nitrogens with one attached hydrogen (secondary N) is 2. The number of thioether (sulfide) groups is 3. The van der Waals surface area contributed by atoms with Gasteiger partial charge in [0.15, 0.2) is 18.1 Å². The fourth-order valence-electron chi connectivity index (χ4n) is 8.47. The molecule has 0 saturated carbocycles. The molecule has 4 bridgehead atoms. The summed E-state index contributed by atoms with van der Waals surface area (Å²) in [6.45, 7) is 8.52. The van der Waals surface area contributed by atoms with Crippen LogP contribution in [0.15, 0.2) is 41.1 Å². The number of alkyl carbamates (subject to hydrolysis) is 1. The van der Waals surface area contributed by atoms with Crippen molar-refractivity contribution in [2.45, 2.75) is 108 Å². The third kappa shape index (κ3) is 17.8. The number of epoxide rings is 1. The molecule has 0 aliphatic carbocycles. The molecule has 0 spiro atoms. The zero-order chi connectivity index (χ0) is 54.0. The molecule has 8 atom stereocenters. The maximum atomic E-state index is 14.3. The van der Waals surface area contributed by atoms with Crippen molar-refractivity contribution in [2.24, 2.45) is 11.1 Å². The van der Waals surface area contributed by atoms with E-state index in [1.807, 2.05) is 13.0 Å². The predicted octanol–water partition coefficient (Wildman–Crippen LogP) is 4.95. The summed E-state index contributed by atoms with van der Waals surface area (Å²) in [6, 6.07) is 2.46. The minimum Gasteiger partial charge on any atom is -0.495 e. The van der Waals surface area contributed by atoms with Crippen molar-refractivity contribution in [3.05, 3.63) is 46.5 Å². The molecule has 4 amide bonds. The van der Waals surface area contributed by atoms with E-state index in [1.54, 1.807) is 68.7 Å². The minimum absolute atomic E-state index is 0.0257. The number of ether oxygens (including phenoxy) is 7. The van der Waals surface area contributed by atoms with Crippen molar-refractivity contribution < 1.29 is 71.9 Å². The average Bonchev–Trinajstić information content (AvgIpc) is 4.07. The van der Waals surface area contributed by atoms with E-state index < -0.39 is 65.7 Å². The largest absolute Gasteiger partial charge is 0.495 e. The van der Waals surface area contributed by atoms with E-state index in [4.69, 9.17) is 49.6 Å². The van der Waals surface area contributed by atoms with Crippen molar-refractivity contribution in [1.82, 2.24) is 15.5 Å². The monoisotopic (exact) mass is 1110 g/mol. The number of fused-ring (bicyclic) bond motifs is 5. The molecular formula is C50H72ClN5O15S3. The van der Waals surface area contributed by atoms with Crippen molar-refractivity contribution in [2.75, 3.05) is 101 Å². The SMILES string of the molecule is COc1cc2cc(c1Cl)N(C)C(=O)C[C@H](OC(=O)[C@H](C)N(C)C(=O)CCSCC(=O)NCCOCCOCCCC(=O)CON=C1CSCSC1)[C@]1(C)O[C@H]1C(C)[C@@H]1C[C@@](O)(NC(=O)O1)[C@H](OC)/C=C/C=C(\C)C2. The molecule has 4 aliphatic rings. The minimum atomic E-state index is -1.87. The number of rotatable bonds is 23. The third-order valence-electron chi connectivity index (χ3n) is 13.0. The van der Waals surface area contributed by atoms with Gasteiger partial charge in [0.05, 0.1) is 56.6 Å². The first-order chi connectivity index (χ1) is 35.3. The highest BCUT2D eigenvalue weighted by Crippen LogP contribution is 2.49. The summed E-state index contributed by atoms with van der Waals surface area (Å²) in [7, 11) is 5.92. The maximum absolute atomic E-state index is 14.3. The van der Waals surface area contributed by atoms with E-state index in [9.17, 15) is 33.9 Å². The van der Waals surface area contributed by atoms with Gasteiger partial charge in [0.25, 0.3) is 0 Å². The first kappa shape index (κ1) is 60.8. The molecule has 3 fully saturated rings. The number of anilines is 1. The Morgan fingerprint density at radius 2 is 1.84 bits per heavy atom. The van der Waals surface area contributed by atoms with E-state index in [-0.39, 0.29) is 67.4 Å². The molecular weight excluding hydrogens is 1040 g/mol. The van der Waals surface area contributed by atoms with Crippen LogP contribution in [0.2, 0.25) is 5.02 Å². The van der Waals surface area contributed by atoms with Gasteiger partial charge in [0.1, 0.15) is 40.7 Å². The molecule has 20 nitrogen and oxygen atoms in total. The molecule has 0 aromatic heterocycles. The summed E-state index contributed by atoms with van der Waals surface area (Å²) in [5.74, 6) is -0.0486. The quantitative estimate of drug-likeness (QED) is 0.0568. The number of halogens is 1. The molecule has 24 heteroatoms. The van der Waals surface area contributed by atoms with Crippen molar-refractivity contribution in [3.63, 3.8) is 0 Å². The summed E-state index contributed by atoms with van der Waals surface area (Å²) < 4.78 is 40.4. The van der Waals surface area contributed by atoms with E-state index in [0.29, 0.717) is 56.3 Å². The van der Waals surface area contributed by atoms with Gasteiger partial charge in [0, 0.05) is 81.9 Å². The van der Waals surface area contributed by atoms with Gasteiger partial charge in [-0.05, 0) is 51.3 Å². The summed E-state index contributed by atoms with van der Waals surface area (Å²) in [5, 5.41) is 22.4. The second-order valence-corrected chi connectivity index (χ2v) is 22.5. The van der Waals surface area contributed by atoms with Gasteiger partial charge in [-0.15, -0.1) is 23.5 Å². The molecule has 4 heterocycles. The van der Waals surface area contributed by atoms with Crippen LogP contribution >= 0.6 is 46.9 Å². The highest BCUT2D eigenvalue weighted by Gasteiger charge is 2.64. The highest BCUT2D eigenvalue weighted by molar-refractivity contribution is 8.17. The van der Waals surface area contributed by atoms with Crippen LogP contribution in [0.5, 0.6) is 5.75 Å². The molecule has 412 valence electrons. The number of Topliss-reactive ketones (excluding diaryl/α,β-unsaturated/α-hetero) is 1. The maximum Gasteiger partial charge on any atom is 0.409 e. The van der Waals surface area contributed by atoms with Crippen LogP contribution in [-0.4, -0.2) is 189 Å². The number of carbonyl (C=O) groups excluding carboxylic acids is 6. The second-order valence-electron chi connectivity index (χ2n) is 18.7. The Morgan fingerprint density at radius 3 is 2.55 bits per heavy atom. The van der Waals surface area contributed by atoms with E-state index >= 15 is 0 Å². The number of esters is 1. The molecule has 74 heavy (non-hydrogen) atoms. The molecule has 0 radical (unpaired) electrons. The van der Waals surface area contributed by atoms with Crippen LogP contribution in [-0.2, 0) is 63.7 Å². The zero-order valence-electron chi connectivity index (χ0n) is 43.5. The van der Waals surface area contributed by atoms with Gasteiger partial charge >= 0.3 is 12.1 Å². The number of aliphatic hydroxyl groups is 1. The van der Waals surface area contributed by atoms with Crippen LogP contribution in [0.25, 0.3) is 0 Å². The highest BCUT2D eigenvalue weighted by atomic mass is 35.5. The fourth-order valence-corrected chi connectivity index (χ4v) is 11.6. The van der Waals surface area contributed by atoms with Crippen molar-refractivity contribution in [1.29, 1.82) is 0 Å². The smallest absolute Gasteiger partial charge is 0.409 e. The lowest BCUT2D eigenvalue weighted by atomic mass is 9.83. The zero-order valence-corrected chi connectivity index (χ0v) is 46.7. The molecule has 3 N–H and O–H groups in total. The fraction of sp³-hybridized carbons (Fsp3) is 0.660. The van der Waals surface area contributed by atoms with Crippen molar-refractivity contribution in [3.8, 4) is 5.75 Å². The van der Waals surface area contributed by atoms with Crippen LogP contribution in [0.4, 0.5) is 10.5 Å². The van der Waals surface area contributed by atoms with Crippen LogP contribution in [0, 0.1) is 5.92 Å². The lowest BCUT2D eigenvalue weighted by Gasteiger charge is -2.42. The number of carbonyl (C=O) groups is 6. The van der Waals surface area contributed by atoms with Gasteiger partial charge in [-0.3, -0.25) is 24.5 Å². The van der Waals surface area contributed by atoms with Crippen LogP contribution in [0.3, 0.4) is 0 Å². The number of allylic oxidation sites excluding steroid dienone is 3. The number of benzene rings is 1. The number of oxime groups is 1. The molecule has 3 saturated heterocycles. The predicted molar refractivity (Wildman–Crippen MR) is 285 cm³/mol. The molecule has 4 aliphatic heterocycles. The number of amides is 4. The number of ketones is 1. The molecule has 1 aromatic carbocycles. The van der Waals surface area contributed by atoms with Gasteiger partial charge in [-0.2, -0.15) is 11.8 Å². The Kier molecular flexibility index (Phi) is 24.2. The molecule has 1 aromatic rings. The first-order valence-electron chi connectivity index (χ1n) is 24.5. The van der Waals surface area contributed by atoms with Crippen LogP contribution in [0.1, 0.15) is 65.4 Å². The van der Waals surface area contributed by atoms with Gasteiger partial charge in [-0.1, -0.05) is 47.5 Å². The number of likely N-dealkylation sites (N-methyl/N-ethyl adjacent to an activating group) is 1.